The smallest absolute Gasteiger partial charge is 0.143 e. The summed E-state index contributed by atoms with van der Waals surface area (Å²) in [6.07, 6.45) is 0. The van der Waals surface area contributed by atoms with Gasteiger partial charge in [0.05, 0.1) is 11.0 Å². The number of furan rings is 1. The van der Waals surface area contributed by atoms with Gasteiger partial charge in [-0.2, -0.15) is 0 Å². The Kier molecular flexibility index (Phi) is 9.17. The first-order valence-electron chi connectivity index (χ1n) is 22.9. The lowest BCUT2D eigenvalue weighted by Gasteiger charge is -2.26. The number of benzene rings is 11. The van der Waals surface area contributed by atoms with Crippen molar-refractivity contribution in [2.75, 3.05) is 4.90 Å². The van der Waals surface area contributed by atoms with Crippen LogP contribution in [0.25, 0.3) is 105 Å². The summed E-state index contributed by atoms with van der Waals surface area (Å²) in [5.41, 5.74) is 17.7. The molecule has 314 valence electrons. The van der Waals surface area contributed by atoms with Gasteiger partial charge in [-0.15, -0.1) is 0 Å². The van der Waals surface area contributed by atoms with Gasteiger partial charge in [-0.25, -0.2) is 0 Å². The molecule has 13 aromatic rings. The first-order chi connectivity index (χ1) is 33.2. The maximum absolute atomic E-state index is 6.82. The van der Waals surface area contributed by atoms with E-state index in [1.165, 1.54) is 43.7 Å². The molecule has 0 amide bonds. The van der Waals surface area contributed by atoms with E-state index in [0.717, 1.165) is 78.1 Å². The summed E-state index contributed by atoms with van der Waals surface area (Å²) in [4.78, 5) is 2.39. The van der Waals surface area contributed by atoms with Crippen molar-refractivity contribution < 1.29 is 4.42 Å². The van der Waals surface area contributed by atoms with Gasteiger partial charge in [0.25, 0.3) is 0 Å². The second-order valence-corrected chi connectivity index (χ2v) is 17.3. The van der Waals surface area contributed by atoms with Crippen LogP contribution in [0.4, 0.5) is 17.1 Å². The number of nitrogens with zero attached hydrogens (tertiary/aromatic N) is 2. The quantitative estimate of drug-likeness (QED) is 0.152. The van der Waals surface area contributed by atoms with E-state index >= 15 is 0 Å². The molecule has 0 spiro atoms. The van der Waals surface area contributed by atoms with Gasteiger partial charge >= 0.3 is 0 Å². The van der Waals surface area contributed by atoms with Gasteiger partial charge < -0.3 is 13.9 Å². The highest BCUT2D eigenvalue weighted by Gasteiger charge is 2.20. The molecule has 3 heteroatoms. The summed E-state index contributed by atoms with van der Waals surface area (Å²) in [6, 6.07) is 91.7. The molecule has 0 aliphatic heterocycles. The second-order valence-electron chi connectivity index (χ2n) is 17.3. The Labute approximate surface area is 388 Å². The monoisotopic (exact) mass is 854 g/mol. The summed E-state index contributed by atoms with van der Waals surface area (Å²) >= 11 is 0. The molecule has 0 fully saturated rings. The Morgan fingerprint density at radius 2 is 0.791 bits per heavy atom. The zero-order valence-corrected chi connectivity index (χ0v) is 36.6. The van der Waals surface area contributed by atoms with Gasteiger partial charge in [-0.05, 0) is 111 Å². The van der Waals surface area contributed by atoms with Crippen LogP contribution in [0.3, 0.4) is 0 Å². The predicted molar refractivity (Wildman–Crippen MR) is 282 cm³/mol. The van der Waals surface area contributed by atoms with Gasteiger partial charge in [0.15, 0.2) is 0 Å². The van der Waals surface area contributed by atoms with E-state index in [-0.39, 0.29) is 0 Å². The molecule has 0 aliphatic rings. The summed E-state index contributed by atoms with van der Waals surface area (Å²) in [7, 11) is 0. The Bertz CT molecular complexity index is 3940. The van der Waals surface area contributed by atoms with E-state index < -0.39 is 0 Å². The maximum Gasteiger partial charge on any atom is 0.143 e. The molecule has 13 rings (SSSR count). The minimum atomic E-state index is 0.902. The molecule has 0 N–H and O–H groups in total. The molecule has 0 saturated carbocycles. The molecule has 2 aromatic heterocycles. The predicted octanol–water partition coefficient (Wildman–Crippen LogP) is 18.0. The number of fused-ring (bicyclic) bond motifs is 8. The first-order valence-corrected chi connectivity index (χ1v) is 22.9. The molecule has 2 heterocycles. The van der Waals surface area contributed by atoms with E-state index in [9.17, 15) is 0 Å². The molecular formula is C64H42N2O. The average molecular weight is 855 g/mol. The van der Waals surface area contributed by atoms with Crippen molar-refractivity contribution in [1.82, 2.24) is 4.57 Å². The van der Waals surface area contributed by atoms with Crippen molar-refractivity contribution in [1.29, 1.82) is 0 Å². The highest BCUT2D eigenvalue weighted by Crippen LogP contribution is 2.44. The second kappa shape index (κ2) is 16.0. The molecule has 0 radical (unpaired) electrons. The maximum atomic E-state index is 6.82. The third-order valence-corrected chi connectivity index (χ3v) is 13.4. The molecule has 3 nitrogen and oxygen atoms in total. The van der Waals surface area contributed by atoms with Crippen molar-refractivity contribution in [3.63, 3.8) is 0 Å². The lowest BCUT2D eigenvalue weighted by atomic mass is 9.97. The van der Waals surface area contributed by atoms with Gasteiger partial charge in [-0.1, -0.05) is 188 Å². The highest BCUT2D eigenvalue weighted by molar-refractivity contribution is 6.22. The van der Waals surface area contributed by atoms with Crippen LogP contribution in [0.2, 0.25) is 0 Å². The van der Waals surface area contributed by atoms with Crippen LogP contribution in [-0.4, -0.2) is 4.57 Å². The van der Waals surface area contributed by atoms with Crippen LogP contribution in [0, 0.1) is 0 Å². The largest absolute Gasteiger partial charge is 0.455 e. The van der Waals surface area contributed by atoms with Gasteiger partial charge in [-0.3, -0.25) is 0 Å². The molecule has 0 atom stereocenters. The van der Waals surface area contributed by atoms with E-state index in [1.807, 2.05) is 0 Å². The van der Waals surface area contributed by atoms with Crippen LogP contribution in [-0.2, 0) is 0 Å². The Morgan fingerprint density at radius 1 is 0.299 bits per heavy atom. The zero-order chi connectivity index (χ0) is 44.3. The number of hydrogen-bond donors (Lipinski definition) is 0. The van der Waals surface area contributed by atoms with Crippen molar-refractivity contribution in [2.24, 2.45) is 0 Å². The van der Waals surface area contributed by atoms with Gasteiger partial charge in [0, 0.05) is 55.4 Å². The fourth-order valence-corrected chi connectivity index (χ4v) is 10.2. The van der Waals surface area contributed by atoms with Crippen LogP contribution < -0.4 is 4.90 Å². The fraction of sp³-hybridized carbons (Fsp3) is 0. The van der Waals surface area contributed by atoms with Crippen molar-refractivity contribution in [3.8, 4) is 50.2 Å². The van der Waals surface area contributed by atoms with Crippen LogP contribution in [0.15, 0.2) is 259 Å². The SMILES string of the molecule is c1ccc(-c2ccc(N(c3ccc(-c4cccc(-c5cccc6c5oc5c(-c7ccccc7)cccc56)c4)cc3)c3ccc4c(c3)c3c5ccccc5ccc3n4-c3ccccc3)cc2)cc1. The van der Waals surface area contributed by atoms with Crippen LogP contribution in [0.1, 0.15) is 0 Å². The van der Waals surface area contributed by atoms with Crippen LogP contribution >= 0.6 is 0 Å². The minimum absolute atomic E-state index is 0.902. The number of rotatable bonds is 8. The third kappa shape index (κ3) is 6.59. The lowest BCUT2D eigenvalue weighted by Crippen LogP contribution is -2.10. The van der Waals surface area contributed by atoms with Crippen molar-refractivity contribution in [3.05, 3.63) is 255 Å². The Morgan fingerprint density at radius 3 is 1.48 bits per heavy atom. The van der Waals surface area contributed by atoms with E-state index in [4.69, 9.17) is 4.42 Å². The molecular weight excluding hydrogens is 813 g/mol. The Hall–Kier alpha value is -8.92. The Balaban J connectivity index is 0.926. The summed E-state index contributed by atoms with van der Waals surface area (Å²) < 4.78 is 9.22. The topological polar surface area (TPSA) is 21.3 Å². The lowest BCUT2D eigenvalue weighted by molar-refractivity contribution is 0.671. The average Bonchev–Trinajstić information content (AvgIpc) is 3.96. The third-order valence-electron chi connectivity index (χ3n) is 13.4. The number of anilines is 3. The summed E-state index contributed by atoms with van der Waals surface area (Å²) in [5.74, 6) is 0. The van der Waals surface area contributed by atoms with E-state index in [0.29, 0.717) is 0 Å². The van der Waals surface area contributed by atoms with Gasteiger partial charge in [0.1, 0.15) is 11.2 Å². The fourth-order valence-electron chi connectivity index (χ4n) is 10.2. The summed E-state index contributed by atoms with van der Waals surface area (Å²) in [5, 5.41) is 7.18. The number of hydrogen-bond acceptors (Lipinski definition) is 2. The molecule has 0 aliphatic carbocycles. The molecule has 11 aromatic carbocycles. The number of aromatic nitrogens is 1. The first kappa shape index (κ1) is 38.5. The highest BCUT2D eigenvalue weighted by atomic mass is 16.3. The normalized spacial score (nSPS) is 11.6. The summed E-state index contributed by atoms with van der Waals surface area (Å²) in [6.45, 7) is 0. The standard InChI is InChI=1S/C64H42N2O/c1-4-15-43(16-5-1)44-29-34-51(35-30-44)65(53-38-40-60-59(42-53)62-54-24-11-10-19-47(54)33-39-61(62)66(60)50-22-8-3-9-23-50)52-36-31-45(32-37-52)48-20-12-21-49(41-48)56-26-14-28-58-57-27-13-25-55(63(57)67-64(56)58)46-17-6-2-7-18-46/h1-42H. The van der Waals surface area contributed by atoms with Crippen LogP contribution in [0.5, 0.6) is 0 Å². The molecule has 0 bridgehead atoms. The van der Waals surface area contributed by atoms with E-state index in [2.05, 4.69) is 264 Å². The molecule has 0 saturated heterocycles. The molecule has 0 unspecified atom stereocenters. The van der Waals surface area contributed by atoms with Crippen molar-refractivity contribution in [2.45, 2.75) is 0 Å². The van der Waals surface area contributed by atoms with E-state index in [1.54, 1.807) is 0 Å². The molecule has 67 heavy (non-hydrogen) atoms. The minimum Gasteiger partial charge on any atom is -0.455 e. The number of para-hydroxylation sites is 3. The van der Waals surface area contributed by atoms with Gasteiger partial charge in [0.2, 0.25) is 0 Å². The van der Waals surface area contributed by atoms with Crippen molar-refractivity contribution >= 4 is 71.6 Å². The zero-order valence-electron chi connectivity index (χ0n) is 36.6.